The van der Waals surface area contributed by atoms with Crippen molar-refractivity contribution < 1.29 is 0 Å². The molecule has 0 amide bonds. The molecule has 1 aromatic carbocycles. The fourth-order valence-electron chi connectivity index (χ4n) is 2.50. The van der Waals surface area contributed by atoms with Crippen LogP contribution in [-0.2, 0) is 6.42 Å². The van der Waals surface area contributed by atoms with Crippen LogP contribution in [0.2, 0.25) is 0 Å². The molecule has 1 rings (SSSR count). The normalized spacial score (nSPS) is 13.1. The standard InChI is InChI=1S/C16H27N/c1-12(2)8-16(17-5)7-6-15-10-13(3)9-14(4)11-15/h9-12,16-17H,6-8H2,1-5H3. The maximum atomic E-state index is 3.43. The van der Waals surface area contributed by atoms with Crippen molar-refractivity contribution in [1.29, 1.82) is 0 Å². The van der Waals surface area contributed by atoms with E-state index in [1.54, 1.807) is 0 Å². The number of nitrogens with one attached hydrogen (secondary N) is 1. The summed E-state index contributed by atoms with van der Waals surface area (Å²) < 4.78 is 0. The van der Waals surface area contributed by atoms with Crippen LogP contribution in [0.15, 0.2) is 18.2 Å². The van der Waals surface area contributed by atoms with E-state index < -0.39 is 0 Å². The summed E-state index contributed by atoms with van der Waals surface area (Å²) in [7, 11) is 2.08. The summed E-state index contributed by atoms with van der Waals surface area (Å²) in [6.07, 6.45) is 3.68. The number of aryl methyl sites for hydroxylation is 3. The van der Waals surface area contributed by atoms with E-state index in [9.17, 15) is 0 Å². The van der Waals surface area contributed by atoms with Gasteiger partial charge in [-0.05, 0) is 51.6 Å². The summed E-state index contributed by atoms with van der Waals surface area (Å²) in [6.45, 7) is 8.95. The third kappa shape index (κ3) is 5.36. The molecule has 0 saturated heterocycles. The molecule has 17 heavy (non-hydrogen) atoms. The van der Waals surface area contributed by atoms with Crippen molar-refractivity contribution in [3.05, 3.63) is 34.9 Å². The molecular formula is C16H27N. The SMILES string of the molecule is CNC(CCc1cc(C)cc(C)c1)CC(C)C. The Bertz CT molecular complexity index is 321. The first-order valence-corrected chi connectivity index (χ1v) is 6.75. The Morgan fingerprint density at radius 3 is 2.12 bits per heavy atom. The van der Waals surface area contributed by atoms with E-state index >= 15 is 0 Å². The van der Waals surface area contributed by atoms with Gasteiger partial charge in [0.05, 0.1) is 0 Å². The second-order valence-corrected chi connectivity index (χ2v) is 5.65. The smallest absolute Gasteiger partial charge is 0.00696 e. The fraction of sp³-hybridized carbons (Fsp3) is 0.625. The molecule has 0 heterocycles. The molecule has 1 aromatic rings. The van der Waals surface area contributed by atoms with E-state index in [0.29, 0.717) is 6.04 Å². The molecule has 96 valence electrons. The molecule has 0 saturated carbocycles. The summed E-state index contributed by atoms with van der Waals surface area (Å²) in [5.74, 6) is 0.770. The lowest BCUT2D eigenvalue weighted by Crippen LogP contribution is -2.27. The van der Waals surface area contributed by atoms with Crippen molar-refractivity contribution in [2.45, 2.75) is 53.0 Å². The molecule has 0 fully saturated rings. The third-order valence-electron chi connectivity index (χ3n) is 3.23. The van der Waals surface area contributed by atoms with Crippen molar-refractivity contribution in [1.82, 2.24) is 5.32 Å². The van der Waals surface area contributed by atoms with E-state index in [1.807, 2.05) is 0 Å². The number of hydrogen-bond acceptors (Lipinski definition) is 1. The molecular weight excluding hydrogens is 206 g/mol. The van der Waals surface area contributed by atoms with E-state index in [0.717, 1.165) is 5.92 Å². The highest BCUT2D eigenvalue weighted by atomic mass is 14.9. The molecule has 1 heteroatoms. The lowest BCUT2D eigenvalue weighted by molar-refractivity contribution is 0.422. The summed E-state index contributed by atoms with van der Waals surface area (Å²) >= 11 is 0. The van der Waals surface area contributed by atoms with Crippen molar-refractivity contribution >= 4 is 0 Å². The lowest BCUT2D eigenvalue weighted by Gasteiger charge is -2.18. The first-order valence-electron chi connectivity index (χ1n) is 6.75. The Labute approximate surface area is 107 Å². The molecule has 0 radical (unpaired) electrons. The molecule has 0 aliphatic heterocycles. The quantitative estimate of drug-likeness (QED) is 0.786. The van der Waals surface area contributed by atoms with Crippen LogP contribution in [0.4, 0.5) is 0 Å². The van der Waals surface area contributed by atoms with Gasteiger partial charge in [-0.2, -0.15) is 0 Å². The first kappa shape index (κ1) is 14.2. The molecule has 0 spiro atoms. The second-order valence-electron chi connectivity index (χ2n) is 5.65. The van der Waals surface area contributed by atoms with E-state index in [1.165, 1.54) is 36.0 Å². The van der Waals surface area contributed by atoms with Gasteiger partial charge in [-0.1, -0.05) is 43.2 Å². The van der Waals surface area contributed by atoms with Crippen LogP contribution in [-0.4, -0.2) is 13.1 Å². The summed E-state index contributed by atoms with van der Waals surface area (Å²) in [4.78, 5) is 0. The minimum atomic E-state index is 0.649. The van der Waals surface area contributed by atoms with E-state index in [-0.39, 0.29) is 0 Å². The van der Waals surface area contributed by atoms with Gasteiger partial charge < -0.3 is 5.32 Å². The van der Waals surface area contributed by atoms with Gasteiger partial charge in [-0.3, -0.25) is 0 Å². The summed E-state index contributed by atoms with van der Waals surface area (Å²) in [5, 5.41) is 3.43. The first-order chi connectivity index (χ1) is 8.01. The van der Waals surface area contributed by atoms with Gasteiger partial charge in [0.2, 0.25) is 0 Å². The van der Waals surface area contributed by atoms with E-state index in [2.05, 4.69) is 58.3 Å². The molecule has 1 atom stereocenters. The van der Waals surface area contributed by atoms with Gasteiger partial charge in [-0.25, -0.2) is 0 Å². The molecule has 1 N–H and O–H groups in total. The maximum absolute atomic E-state index is 3.43. The highest BCUT2D eigenvalue weighted by molar-refractivity contribution is 5.28. The van der Waals surface area contributed by atoms with Gasteiger partial charge >= 0.3 is 0 Å². The minimum Gasteiger partial charge on any atom is -0.317 e. The summed E-state index contributed by atoms with van der Waals surface area (Å²) in [5.41, 5.74) is 4.24. The fourth-order valence-corrected chi connectivity index (χ4v) is 2.50. The second kappa shape index (κ2) is 6.80. The van der Waals surface area contributed by atoms with E-state index in [4.69, 9.17) is 0 Å². The molecule has 1 unspecified atom stereocenters. The van der Waals surface area contributed by atoms with Crippen molar-refractivity contribution in [3.8, 4) is 0 Å². The molecule has 0 aliphatic rings. The van der Waals surface area contributed by atoms with Gasteiger partial charge in [0.25, 0.3) is 0 Å². The molecule has 0 aromatic heterocycles. The van der Waals surface area contributed by atoms with Crippen LogP contribution in [0.1, 0.15) is 43.4 Å². The van der Waals surface area contributed by atoms with Crippen LogP contribution in [0.5, 0.6) is 0 Å². The topological polar surface area (TPSA) is 12.0 Å². The molecule has 0 bridgehead atoms. The monoisotopic (exact) mass is 233 g/mol. The Balaban J connectivity index is 2.53. The Hall–Kier alpha value is -0.820. The zero-order valence-electron chi connectivity index (χ0n) is 12.0. The predicted molar refractivity (Wildman–Crippen MR) is 76.5 cm³/mol. The van der Waals surface area contributed by atoms with Crippen LogP contribution in [0.3, 0.4) is 0 Å². The lowest BCUT2D eigenvalue weighted by atomic mass is 9.96. The van der Waals surface area contributed by atoms with Crippen LogP contribution in [0.25, 0.3) is 0 Å². The minimum absolute atomic E-state index is 0.649. The maximum Gasteiger partial charge on any atom is 0.00696 e. The average Bonchev–Trinajstić information content (AvgIpc) is 2.22. The van der Waals surface area contributed by atoms with Gasteiger partial charge in [0, 0.05) is 6.04 Å². The molecule has 1 nitrogen and oxygen atoms in total. The summed E-state index contributed by atoms with van der Waals surface area (Å²) in [6, 6.07) is 7.52. The highest BCUT2D eigenvalue weighted by Crippen LogP contribution is 2.14. The molecule has 0 aliphatic carbocycles. The number of rotatable bonds is 6. The van der Waals surface area contributed by atoms with Crippen LogP contribution >= 0.6 is 0 Å². The van der Waals surface area contributed by atoms with Crippen LogP contribution in [0, 0.1) is 19.8 Å². The number of benzene rings is 1. The number of hydrogen-bond donors (Lipinski definition) is 1. The highest BCUT2D eigenvalue weighted by Gasteiger charge is 2.08. The van der Waals surface area contributed by atoms with Crippen molar-refractivity contribution in [2.24, 2.45) is 5.92 Å². The average molecular weight is 233 g/mol. The largest absolute Gasteiger partial charge is 0.317 e. The van der Waals surface area contributed by atoms with Crippen LogP contribution < -0.4 is 5.32 Å². The Morgan fingerprint density at radius 1 is 1.06 bits per heavy atom. The Morgan fingerprint density at radius 2 is 1.65 bits per heavy atom. The van der Waals surface area contributed by atoms with Crippen molar-refractivity contribution in [3.63, 3.8) is 0 Å². The van der Waals surface area contributed by atoms with Gasteiger partial charge in [0.1, 0.15) is 0 Å². The Kier molecular flexibility index (Phi) is 5.70. The van der Waals surface area contributed by atoms with Gasteiger partial charge in [-0.15, -0.1) is 0 Å². The third-order valence-corrected chi connectivity index (χ3v) is 3.23. The zero-order valence-corrected chi connectivity index (χ0v) is 12.0. The van der Waals surface area contributed by atoms with Crippen molar-refractivity contribution in [2.75, 3.05) is 7.05 Å². The zero-order chi connectivity index (χ0) is 12.8. The van der Waals surface area contributed by atoms with Gasteiger partial charge in [0.15, 0.2) is 0 Å². The predicted octanol–water partition coefficient (Wildman–Crippen LogP) is 3.87.